The van der Waals surface area contributed by atoms with Crippen LogP contribution in [0.2, 0.25) is 0 Å². The van der Waals surface area contributed by atoms with Crippen molar-refractivity contribution in [2.24, 2.45) is 23.2 Å². The monoisotopic (exact) mass is 401 g/mol. The van der Waals surface area contributed by atoms with Gasteiger partial charge >= 0.3 is 0 Å². The molecule has 6 rings (SSSR count). The van der Waals surface area contributed by atoms with Gasteiger partial charge < -0.3 is 9.88 Å². The highest BCUT2D eigenvalue weighted by Gasteiger charge is 2.54. The number of aryl methyl sites for hydroxylation is 1. The number of fused-ring (bicyclic) bond motifs is 3. The number of hydrogen-bond donors (Lipinski definition) is 1. The number of rotatable bonds is 5. The van der Waals surface area contributed by atoms with Crippen molar-refractivity contribution < 1.29 is 4.79 Å². The molecule has 1 aromatic carbocycles. The number of carbonyl (C=O) groups excluding carboxylic acids is 1. The molecular formula is C26H31N3O. The first-order valence-electron chi connectivity index (χ1n) is 11.2. The van der Waals surface area contributed by atoms with Crippen molar-refractivity contribution in [3.8, 4) is 0 Å². The molecule has 4 nitrogen and oxygen atoms in total. The van der Waals surface area contributed by atoms with Gasteiger partial charge in [0.05, 0.1) is 6.42 Å². The van der Waals surface area contributed by atoms with Crippen LogP contribution in [0.15, 0.2) is 48.9 Å². The van der Waals surface area contributed by atoms with Crippen LogP contribution in [-0.4, -0.2) is 15.5 Å². The Bertz CT molecular complexity index is 1080. The van der Waals surface area contributed by atoms with Crippen LogP contribution >= 0.6 is 0 Å². The number of anilines is 1. The van der Waals surface area contributed by atoms with Crippen LogP contribution in [0.25, 0.3) is 10.9 Å². The molecular weight excluding hydrogens is 370 g/mol. The van der Waals surface area contributed by atoms with Gasteiger partial charge in [0.25, 0.3) is 0 Å². The van der Waals surface area contributed by atoms with Crippen LogP contribution < -0.4 is 5.32 Å². The summed E-state index contributed by atoms with van der Waals surface area (Å²) in [5.74, 6) is 2.55. The van der Waals surface area contributed by atoms with Crippen molar-refractivity contribution in [3.63, 3.8) is 0 Å². The highest BCUT2D eigenvalue weighted by atomic mass is 16.1. The Balaban J connectivity index is 1.35. The molecule has 3 aliphatic rings. The second kappa shape index (κ2) is 7.26. The molecule has 156 valence electrons. The van der Waals surface area contributed by atoms with E-state index in [-0.39, 0.29) is 5.91 Å². The SMILES string of the molecule is Cc1cn(CC2CCC3CC2C3(C)C)c2cc(CC(=O)Nc3ccncc3)ccc12. The van der Waals surface area contributed by atoms with Crippen LogP contribution in [0, 0.1) is 30.1 Å². The molecule has 2 bridgehead atoms. The summed E-state index contributed by atoms with van der Waals surface area (Å²) in [5, 5.41) is 4.26. The topological polar surface area (TPSA) is 46.9 Å². The van der Waals surface area contributed by atoms with E-state index in [0.29, 0.717) is 11.8 Å². The van der Waals surface area contributed by atoms with Crippen molar-refractivity contribution in [2.75, 3.05) is 5.32 Å². The smallest absolute Gasteiger partial charge is 0.228 e. The highest BCUT2D eigenvalue weighted by molar-refractivity contribution is 5.93. The largest absolute Gasteiger partial charge is 0.347 e. The van der Waals surface area contributed by atoms with Gasteiger partial charge in [-0.25, -0.2) is 0 Å². The van der Waals surface area contributed by atoms with Gasteiger partial charge in [0.15, 0.2) is 0 Å². The Kier molecular flexibility index (Phi) is 4.68. The van der Waals surface area contributed by atoms with Gasteiger partial charge in [-0.2, -0.15) is 0 Å². The van der Waals surface area contributed by atoms with Gasteiger partial charge in [0, 0.05) is 41.7 Å². The average molecular weight is 402 g/mol. The molecule has 1 amide bonds. The zero-order valence-electron chi connectivity index (χ0n) is 18.2. The Morgan fingerprint density at radius 3 is 2.73 bits per heavy atom. The molecule has 3 aliphatic carbocycles. The summed E-state index contributed by atoms with van der Waals surface area (Å²) in [6.45, 7) is 8.23. The van der Waals surface area contributed by atoms with E-state index >= 15 is 0 Å². The summed E-state index contributed by atoms with van der Waals surface area (Å²) in [4.78, 5) is 16.5. The van der Waals surface area contributed by atoms with Crippen LogP contribution in [0.1, 0.15) is 44.2 Å². The second-order valence-electron chi connectivity index (χ2n) is 9.97. The van der Waals surface area contributed by atoms with Crippen molar-refractivity contribution in [1.29, 1.82) is 0 Å². The Hall–Kier alpha value is -2.62. The van der Waals surface area contributed by atoms with Crippen LogP contribution in [0.4, 0.5) is 5.69 Å². The fourth-order valence-electron chi connectivity index (χ4n) is 6.04. The minimum atomic E-state index is 0.00455. The molecule has 3 unspecified atom stereocenters. The second-order valence-corrected chi connectivity index (χ2v) is 9.97. The lowest BCUT2D eigenvalue weighted by Crippen LogP contribution is -2.53. The van der Waals surface area contributed by atoms with Crippen LogP contribution in [0.3, 0.4) is 0 Å². The number of carbonyl (C=O) groups is 1. The van der Waals surface area contributed by atoms with Crippen LogP contribution in [0.5, 0.6) is 0 Å². The zero-order valence-corrected chi connectivity index (χ0v) is 18.2. The standard InChI is InChI=1S/C26H31N3O/c1-17-15-29(16-19-5-6-20-14-23(19)26(20,2)3)24-12-18(4-7-22(17)24)13-25(30)28-21-8-10-27-11-9-21/h4,7-12,15,19-20,23H,5-6,13-14,16H2,1-3H3,(H,27,28,30). The van der Waals surface area contributed by atoms with Crippen molar-refractivity contribution in [3.05, 3.63) is 60.0 Å². The van der Waals surface area contributed by atoms with Crippen LogP contribution in [-0.2, 0) is 17.8 Å². The molecule has 3 fully saturated rings. The average Bonchev–Trinajstić information content (AvgIpc) is 3.03. The van der Waals surface area contributed by atoms with Gasteiger partial charge in [-0.05, 0) is 78.7 Å². The number of nitrogens with zero attached hydrogens (tertiary/aromatic N) is 2. The van der Waals surface area contributed by atoms with Gasteiger partial charge in [0.1, 0.15) is 0 Å². The maximum absolute atomic E-state index is 12.5. The van der Waals surface area contributed by atoms with E-state index in [2.05, 4.69) is 60.0 Å². The van der Waals surface area contributed by atoms with E-state index in [1.807, 2.05) is 12.1 Å². The Labute approximate surface area is 178 Å². The van der Waals surface area contributed by atoms with Crippen molar-refractivity contribution >= 4 is 22.5 Å². The first kappa shape index (κ1) is 19.3. The summed E-state index contributed by atoms with van der Waals surface area (Å²) in [6.07, 6.45) is 10.2. The maximum atomic E-state index is 12.5. The number of aromatic nitrogens is 2. The van der Waals surface area contributed by atoms with E-state index in [0.717, 1.165) is 35.5 Å². The summed E-state index contributed by atoms with van der Waals surface area (Å²) in [5.41, 5.74) is 4.94. The number of benzene rings is 1. The van der Waals surface area contributed by atoms with E-state index in [4.69, 9.17) is 0 Å². The third kappa shape index (κ3) is 3.32. The van der Waals surface area contributed by atoms with Gasteiger partial charge in [-0.3, -0.25) is 9.78 Å². The number of pyridine rings is 1. The molecule has 0 radical (unpaired) electrons. The first-order chi connectivity index (χ1) is 14.4. The zero-order chi connectivity index (χ0) is 20.9. The summed E-state index contributed by atoms with van der Waals surface area (Å²) in [7, 11) is 0. The summed E-state index contributed by atoms with van der Waals surface area (Å²) in [6, 6.07) is 10.1. The van der Waals surface area contributed by atoms with Gasteiger partial charge in [-0.1, -0.05) is 26.0 Å². The molecule has 1 N–H and O–H groups in total. The number of hydrogen-bond acceptors (Lipinski definition) is 2. The number of nitrogens with one attached hydrogen (secondary N) is 1. The molecule has 4 heteroatoms. The van der Waals surface area contributed by atoms with Crippen molar-refractivity contribution in [2.45, 2.75) is 53.0 Å². The fraction of sp³-hybridized carbons (Fsp3) is 0.462. The van der Waals surface area contributed by atoms with Gasteiger partial charge in [0.2, 0.25) is 5.91 Å². The minimum absolute atomic E-state index is 0.00455. The van der Waals surface area contributed by atoms with E-state index in [1.54, 1.807) is 12.4 Å². The first-order valence-corrected chi connectivity index (χ1v) is 11.2. The molecule has 0 aliphatic heterocycles. The highest BCUT2D eigenvalue weighted by Crippen LogP contribution is 2.61. The lowest BCUT2D eigenvalue weighted by molar-refractivity contribution is -0.115. The quantitative estimate of drug-likeness (QED) is 0.605. The third-order valence-electron chi connectivity index (χ3n) is 7.91. The molecule has 2 aromatic heterocycles. The van der Waals surface area contributed by atoms with Crippen molar-refractivity contribution in [1.82, 2.24) is 9.55 Å². The summed E-state index contributed by atoms with van der Waals surface area (Å²) < 4.78 is 2.45. The molecule has 3 aromatic rings. The molecule has 3 atom stereocenters. The van der Waals surface area contributed by atoms with Gasteiger partial charge in [-0.15, -0.1) is 0 Å². The van der Waals surface area contributed by atoms with E-state index in [9.17, 15) is 4.79 Å². The summed E-state index contributed by atoms with van der Waals surface area (Å²) >= 11 is 0. The Morgan fingerprint density at radius 2 is 2.00 bits per heavy atom. The Morgan fingerprint density at radius 1 is 1.20 bits per heavy atom. The molecule has 3 saturated carbocycles. The molecule has 0 saturated heterocycles. The lowest BCUT2D eigenvalue weighted by Gasteiger charge is -2.60. The molecule has 30 heavy (non-hydrogen) atoms. The predicted octanol–water partition coefficient (Wildman–Crippen LogP) is 5.60. The maximum Gasteiger partial charge on any atom is 0.228 e. The molecule has 2 heterocycles. The minimum Gasteiger partial charge on any atom is -0.347 e. The molecule has 0 spiro atoms. The predicted molar refractivity (Wildman–Crippen MR) is 121 cm³/mol. The lowest BCUT2D eigenvalue weighted by atomic mass is 9.45. The van der Waals surface area contributed by atoms with E-state index < -0.39 is 0 Å². The van der Waals surface area contributed by atoms with E-state index in [1.165, 1.54) is 35.7 Å². The fourth-order valence-corrected chi connectivity index (χ4v) is 6.04. The number of amides is 1. The third-order valence-corrected chi connectivity index (χ3v) is 7.91. The normalized spacial score (nSPS) is 24.4.